The van der Waals surface area contributed by atoms with E-state index in [4.69, 9.17) is 0 Å². The third-order valence-electron chi connectivity index (χ3n) is 2.39. The van der Waals surface area contributed by atoms with E-state index in [-0.39, 0.29) is 0 Å². The Bertz CT molecular complexity index is 149. The Morgan fingerprint density at radius 2 is 2.45 bits per heavy atom. The predicted octanol–water partition coefficient (Wildman–Crippen LogP) is 2.71. The second-order valence-electron chi connectivity index (χ2n) is 3.28. The van der Waals surface area contributed by atoms with Gasteiger partial charge in [-0.3, -0.25) is 4.79 Å². The molecule has 0 saturated heterocycles. The van der Waals surface area contributed by atoms with Crippen molar-refractivity contribution in [1.29, 1.82) is 0 Å². The minimum absolute atomic E-state index is 0.398. The molecule has 0 aromatic heterocycles. The van der Waals surface area contributed by atoms with E-state index in [0.717, 1.165) is 38.5 Å². The van der Waals surface area contributed by atoms with Gasteiger partial charge in [0.05, 0.1) is 0 Å². The molecule has 1 aliphatic carbocycles. The summed E-state index contributed by atoms with van der Waals surface area (Å²) in [6.45, 7) is 3.66. The standard InChI is InChI=1S/C10H16O/c1-2-3-4-6-9-7-5-8-10(9)11/h2,9H,1,3-8H2. The van der Waals surface area contributed by atoms with Gasteiger partial charge < -0.3 is 0 Å². The normalized spacial score (nSPS) is 24.0. The van der Waals surface area contributed by atoms with Crippen molar-refractivity contribution in [3.8, 4) is 0 Å². The topological polar surface area (TPSA) is 17.1 Å². The summed E-state index contributed by atoms with van der Waals surface area (Å²) in [6.07, 6.45) is 8.31. The van der Waals surface area contributed by atoms with E-state index in [2.05, 4.69) is 6.58 Å². The van der Waals surface area contributed by atoms with Crippen molar-refractivity contribution in [3.05, 3.63) is 12.7 Å². The first-order valence-corrected chi connectivity index (χ1v) is 4.48. The maximum atomic E-state index is 11.1. The Labute approximate surface area is 68.5 Å². The fourth-order valence-corrected chi connectivity index (χ4v) is 1.70. The molecule has 1 rings (SSSR count). The number of carbonyl (C=O) groups is 1. The zero-order valence-corrected chi connectivity index (χ0v) is 7.01. The summed E-state index contributed by atoms with van der Waals surface area (Å²) < 4.78 is 0. The van der Waals surface area contributed by atoms with Crippen molar-refractivity contribution in [3.63, 3.8) is 0 Å². The zero-order chi connectivity index (χ0) is 8.10. The van der Waals surface area contributed by atoms with E-state index in [0.29, 0.717) is 11.7 Å². The summed E-state index contributed by atoms with van der Waals surface area (Å²) in [5.74, 6) is 0.893. The van der Waals surface area contributed by atoms with Crippen molar-refractivity contribution in [2.45, 2.75) is 38.5 Å². The molecule has 62 valence electrons. The van der Waals surface area contributed by atoms with Gasteiger partial charge >= 0.3 is 0 Å². The third kappa shape index (κ3) is 2.49. The van der Waals surface area contributed by atoms with Crippen molar-refractivity contribution in [1.82, 2.24) is 0 Å². The summed E-state index contributed by atoms with van der Waals surface area (Å²) >= 11 is 0. The number of unbranched alkanes of at least 4 members (excludes halogenated alkanes) is 1. The highest BCUT2D eigenvalue weighted by molar-refractivity contribution is 5.82. The highest BCUT2D eigenvalue weighted by atomic mass is 16.1. The van der Waals surface area contributed by atoms with Crippen LogP contribution < -0.4 is 0 Å². The van der Waals surface area contributed by atoms with Crippen LogP contribution in [0.5, 0.6) is 0 Å². The predicted molar refractivity (Wildman–Crippen MR) is 46.4 cm³/mol. The first kappa shape index (κ1) is 8.51. The van der Waals surface area contributed by atoms with Gasteiger partial charge in [-0.05, 0) is 32.1 Å². The highest BCUT2D eigenvalue weighted by Gasteiger charge is 2.22. The van der Waals surface area contributed by atoms with Gasteiger partial charge in [0.25, 0.3) is 0 Å². The first-order valence-electron chi connectivity index (χ1n) is 4.48. The van der Waals surface area contributed by atoms with Crippen molar-refractivity contribution < 1.29 is 4.79 Å². The quantitative estimate of drug-likeness (QED) is 0.447. The summed E-state index contributed by atoms with van der Waals surface area (Å²) in [5.41, 5.74) is 0. The maximum Gasteiger partial charge on any atom is 0.135 e. The highest BCUT2D eigenvalue weighted by Crippen LogP contribution is 2.25. The van der Waals surface area contributed by atoms with Crippen LogP contribution in [0.3, 0.4) is 0 Å². The number of carbonyl (C=O) groups excluding carboxylic acids is 1. The molecule has 1 heteroatoms. The largest absolute Gasteiger partial charge is 0.299 e. The molecule has 0 spiro atoms. The molecular weight excluding hydrogens is 136 g/mol. The number of hydrogen-bond donors (Lipinski definition) is 0. The minimum atomic E-state index is 0.398. The molecule has 0 bridgehead atoms. The van der Waals surface area contributed by atoms with Crippen LogP contribution in [0.15, 0.2) is 12.7 Å². The molecule has 1 atom stereocenters. The number of rotatable bonds is 4. The molecule has 0 aliphatic heterocycles. The van der Waals surface area contributed by atoms with Crippen molar-refractivity contribution in [2.24, 2.45) is 5.92 Å². The van der Waals surface area contributed by atoms with Gasteiger partial charge in [-0.2, -0.15) is 0 Å². The van der Waals surface area contributed by atoms with Gasteiger partial charge in [0.2, 0.25) is 0 Å². The van der Waals surface area contributed by atoms with Gasteiger partial charge in [-0.15, -0.1) is 6.58 Å². The molecule has 11 heavy (non-hydrogen) atoms. The van der Waals surface area contributed by atoms with Crippen LogP contribution in [0, 0.1) is 5.92 Å². The van der Waals surface area contributed by atoms with E-state index in [1.54, 1.807) is 0 Å². The number of Topliss-reactive ketones (excluding diaryl/α,β-unsaturated/α-hetero) is 1. The Morgan fingerprint density at radius 3 is 3.00 bits per heavy atom. The van der Waals surface area contributed by atoms with E-state index in [1.165, 1.54) is 0 Å². The smallest absolute Gasteiger partial charge is 0.135 e. The van der Waals surface area contributed by atoms with Crippen molar-refractivity contribution in [2.75, 3.05) is 0 Å². The van der Waals surface area contributed by atoms with Crippen LogP contribution in [0.4, 0.5) is 0 Å². The summed E-state index contributed by atoms with van der Waals surface area (Å²) in [4.78, 5) is 11.1. The van der Waals surface area contributed by atoms with Gasteiger partial charge in [-0.1, -0.05) is 6.08 Å². The van der Waals surface area contributed by atoms with E-state index in [9.17, 15) is 4.79 Å². The fraction of sp³-hybridized carbons (Fsp3) is 0.700. The Morgan fingerprint density at radius 1 is 1.64 bits per heavy atom. The average molecular weight is 152 g/mol. The van der Waals surface area contributed by atoms with Crippen LogP contribution in [-0.4, -0.2) is 5.78 Å². The second-order valence-corrected chi connectivity index (χ2v) is 3.28. The fourth-order valence-electron chi connectivity index (χ4n) is 1.70. The van der Waals surface area contributed by atoms with E-state index in [1.807, 2.05) is 6.08 Å². The molecule has 1 aliphatic rings. The van der Waals surface area contributed by atoms with Gasteiger partial charge in [0, 0.05) is 12.3 Å². The van der Waals surface area contributed by atoms with Crippen LogP contribution in [-0.2, 0) is 4.79 Å². The van der Waals surface area contributed by atoms with Gasteiger partial charge in [0.1, 0.15) is 5.78 Å². The van der Waals surface area contributed by atoms with Crippen LogP contribution >= 0.6 is 0 Å². The lowest BCUT2D eigenvalue weighted by Gasteiger charge is -2.04. The minimum Gasteiger partial charge on any atom is -0.299 e. The first-order chi connectivity index (χ1) is 5.34. The second kappa shape index (κ2) is 4.32. The molecule has 0 N–H and O–H groups in total. The molecule has 1 nitrogen and oxygen atoms in total. The summed E-state index contributed by atoms with van der Waals surface area (Å²) in [7, 11) is 0. The molecule has 0 aromatic rings. The SMILES string of the molecule is C=CCCCC1CCCC1=O. The lowest BCUT2D eigenvalue weighted by molar-refractivity contribution is -0.120. The Balaban J connectivity index is 2.15. The molecule has 1 unspecified atom stereocenters. The number of allylic oxidation sites excluding steroid dienone is 1. The van der Waals surface area contributed by atoms with Crippen LogP contribution in [0.2, 0.25) is 0 Å². The monoisotopic (exact) mass is 152 g/mol. The maximum absolute atomic E-state index is 11.1. The van der Waals surface area contributed by atoms with Gasteiger partial charge in [-0.25, -0.2) is 0 Å². The molecule has 1 saturated carbocycles. The molecule has 0 radical (unpaired) electrons. The third-order valence-corrected chi connectivity index (χ3v) is 2.39. The molecule has 0 heterocycles. The van der Waals surface area contributed by atoms with E-state index < -0.39 is 0 Å². The lowest BCUT2D eigenvalue weighted by atomic mass is 10.00. The molecule has 1 fully saturated rings. The molecule has 0 amide bonds. The number of ketones is 1. The Kier molecular flexibility index (Phi) is 3.34. The summed E-state index contributed by atoms with van der Waals surface area (Å²) in [5, 5.41) is 0. The number of hydrogen-bond acceptors (Lipinski definition) is 1. The van der Waals surface area contributed by atoms with Crippen molar-refractivity contribution >= 4 is 5.78 Å². The Hall–Kier alpha value is -0.590. The molecular formula is C10H16O. The van der Waals surface area contributed by atoms with Gasteiger partial charge in [0.15, 0.2) is 0 Å². The average Bonchev–Trinajstić information content (AvgIpc) is 2.37. The van der Waals surface area contributed by atoms with Crippen LogP contribution in [0.1, 0.15) is 38.5 Å². The molecule has 0 aromatic carbocycles. The van der Waals surface area contributed by atoms with Crippen LogP contribution in [0.25, 0.3) is 0 Å². The van der Waals surface area contributed by atoms with E-state index >= 15 is 0 Å². The lowest BCUT2D eigenvalue weighted by Crippen LogP contribution is -2.05. The zero-order valence-electron chi connectivity index (χ0n) is 7.01. The summed E-state index contributed by atoms with van der Waals surface area (Å²) in [6, 6.07) is 0.